The predicted molar refractivity (Wildman–Crippen MR) is 101 cm³/mol. The van der Waals surface area contributed by atoms with Crippen LogP contribution < -0.4 is 14.8 Å². The zero-order valence-corrected chi connectivity index (χ0v) is 15.8. The van der Waals surface area contributed by atoms with Crippen LogP contribution in [-0.4, -0.2) is 44.2 Å². The number of likely N-dealkylation sites (N-methyl/N-ethyl adjacent to an activating group) is 1. The zero-order chi connectivity index (χ0) is 18.1. The fourth-order valence-electron chi connectivity index (χ4n) is 2.70. The maximum Gasteiger partial charge on any atom is 0.258 e. The van der Waals surface area contributed by atoms with Gasteiger partial charge in [0.25, 0.3) is 5.91 Å². The van der Waals surface area contributed by atoms with Crippen LogP contribution in [0, 0.1) is 0 Å². The number of nitrogens with zero attached hydrogens (tertiary/aromatic N) is 1. The molecule has 25 heavy (non-hydrogen) atoms. The molecule has 6 heteroatoms. The van der Waals surface area contributed by atoms with Crippen molar-refractivity contribution in [1.82, 2.24) is 10.2 Å². The summed E-state index contributed by atoms with van der Waals surface area (Å²) in [5.41, 5.74) is 0. The Hall–Kier alpha value is -2.05. The lowest BCUT2D eigenvalue weighted by atomic mass is 10.2. The van der Waals surface area contributed by atoms with Gasteiger partial charge in [0.1, 0.15) is 0 Å². The minimum absolute atomic E-state index is 0.0320. The number of methoxy groups -OCH3 is 1. The highest BCUT2D eigenvalue weighted by Crippen LogP contribution is 2.26. The average molecular weight is 362 g/mol. The van der Waals surface area contributed by atoms with Gasteiger partial charge in [-0.1, -0.05) is 32.0 Å². The summed E-state index contributed by atoms with van der Waals surface area (Å²) in [4.78, 5) is 15.8. The molecular weight excluding hydrogens is 336 g/mol. The van der Waals surface area contributed by atoms with Gasteiger partial charge in [-0.3, -0.25) is 9.69 Å². The maximum absolute atomic E-state index is 12.2. The molecular formula is C19H26N2O3S. The Morgan fingerprint density at radius 1 is 1.16 bits per heavy atom. The molecule has 1 aromatic heterocycles. The summed E-state index contributed by atoms with van der Waals surface area (Å²) in [7, 11) is 1.58. The minimum Gasteiger partial charge on any atom is -0.493 e. The third kappa shape index (κ3) is 5.47. The molecule has 0 aliphatic heterocycles. The third-order valence-corrected chi connectivity index (χ3v) is 5.02. The van der Waals surface area contributed by atoms with Crippen LogP contribution >= 0.6 is 11.3 Å². The van der Waals surface area contributed by atoms with Crippen LogP contribution in [0.4, 0.5) is 0 Å². The lowest BCUT2D eigenvalue weighted by Crippen LogP contribution is -2.39. The van der Waals surface area contributed by atoms with E-state index in [2.05, 4.69) is 35.5 Å². The van der Waals surface area contributed by atoms with E-state index in [1.807, 2.05) is 18.2 Å². The third-order valence-electron chi connectivity index (χ3n) is 4.05. The summed E-state index contributed by atoms with van der Waals surface area (Å²) in [5, 5.41) is 5.06. The van der Waals surface area contributed by atoms with Gasteiger partial charge in [-0.2, -0.15) is 0 Å². The van der Waals surface area contributed by atoms with Crippen molar-refractivity contribution in [3.05, 3.63) is 46.7 Å². The van der Waals surface area contributed by atoms with Gasteiger partial charge in [-0.05, 0) is 36.7 Å². The number of amides is 1. The SMILES string of the molecule is CCN(CC)C(CNC(=O)COc1ccccc1OC)c1cccs1. The van der Waals surface area contributed by atoms with Gasteiger partial charge in [-0.25, -0.2) is 0 Å². The summed E-state index contributed by atoms with van der Waals surface area (Å²) in [6.45, 7) is 6.68. The summed E-state index contributed by atoms with van der Waals surface area (Å²) >= 11 is 1.72. The first-order valence-electron chi connectivity index (χ1n) is 8.49. The number of rotatable bonds is 10. The molecule has 0 bridgehead atoms. The van der Waals surface area contributed by atoms with Gasteiger partial charge in [-0.15, -0.1) is 11.3 Å². The van der Waals surface area contributed by atoms with Gasteiger partial charge in [0, 0.05) is 11.4 Å². The molecule has 0 saturated carbocycles. The van der Waals surface area contributed by atoms with Crippen LogP contribution in [0.5, 0.6) is 11.5 Å². The average Bonchev–Trinajstić information content (AvgIpc) is 3.18. The molecule has 0 fully saturated rings. The van der Waals surface area contributed by atoms with Crippen LogP contribution in [0.25, 0.3) is 0 Å². The minimum atomic E-state index is -0.139. The monoisotopic (exact) mass is 362 g/mol. The van der Waals surface area contributed by atoms with E-state index in [1.54, 1.807) is 30.6 Å². The Morgan fingerprint density at radius 3 is 2.48 bits per heavy atom. The molecule has 0 saturated heterocycles. The molecule has 2 rings (SSSR count). The molecule has 1 heterocycles. The number of ether oxygens (including phenoxy) is 2. The lowest BCUT2D eigenvalue weighted by Gasteiger charge is -2.29. The predicted octanol–water partition coefficient (Wildman–Crippen LogP) is 3.33. The molecule has 2 aromatic rings. The largest absolute Gasteiger partial charge is 0.493 e. The van der Waals surface area contributed by atoms with Crippen molar-refractivity contribution in [2.75, 3.05) is 33.4 Å². The van der Waals surface area contributed by atoms with E-state index in [-0.39, 0.29) is 18.6 Å². The van der Waals surface area contributed by atoms with E-state index in [1.165, 1.54) is 4.88 Å². The van der Waals surface area contributed by atoms with Crippen LogP contribution in [0.15, 0.2) is 41.8 Å². The van der Waals surface area contributed by atoms with Gasteiger partial charge >= 0.3 is 0 Å². The number of thiophene rings is 1. The van der Waals surface area contributed by atoms with Gasteiger partial charge < -0.3 is 14.8 Å². The lowest BCUT2D eigenvalue weighted by molar-refractivity contribution is -0.123. The fraction of sp³-hybridized carbons (Fsp3) is 0.421. The van der Waals surface area contributed by atoms with Gasteiger partial charge in [0.2, 0.25) is 0 Å². The molecule has 1 atom stereocenters. The number of benzene rings is 1. The summed E-state index contributed by atoms with van der Waals surface area (Å²) in [6, 6.07) is 11.7. The number of carbonyl (C=O) groups excluding carboxylic acids is 1. The normalized spacial score (nSPS) is 12.0. The molecule has 1 aromatic carbocycles. The van der Waals surface area contributed by atoms with Crippen LogP contribution in [0.1, 0.15) is 24.8 Å². The first kappa shape index (κ1) is 19.3. The van der Waals surface area contributed by atoms with E-state index in [9.17, 15) is 4.79 Å². The van der Waals surface area contributed by atoms with Crippen LogP contribution in [0.2, 0.25) is 0 Å². The van der Waals surface area contributed by atoms with Crippen LogP contribution in [0.3, 0.4) is 0 Å². The van der Waals surface area contributed by atoms with E-state index in [0.29, 0.717) is 18.0 Å². The van der Waals surface area contributed by atoms with Crippen LogP contribution in [-0.2, 0) is 4.79 Å². The fourth-order valence-corrected chi connectivity index (χ4v) is 3.56. The number of nitrogens with one attached hydrogen (secondary N) is 1. The molecule has 0 aliphatic carbocycles. The molecule has 1 unspecified atom stereocenters. The Balaban J connectivity index is 1.90. The van der Waals surface area contributed by atoms with E-state index in [4.69, 9.17) is 9.47 Å². The summed E-state index contributed by atoms with van der Waals surface area (Å²) in [5.74, 6) is 1.05. The first-order chi connectivity index (χ1) is 12.2. The highest BCUT2D eigenvalue weighted by atomic mass is 32.1. The second-order valence-electron chi connectivity index (χ2n) is 5.50. The standard InChI is InChI=1S/C19H26N2O3S/c1-4-21(5-2)15(18-11-8-12-25-18)13-20-19(22)14-24-17-10-7-6-9-16(17)23-3/h6-12,15H,4-5,13-14H2,1-3H3,(H,20,22). The summed E-state index contributed by atoms with van der Waals surface area (Å²) < 4.78 is 10.8. The molecule has 5 nitrogen and oxygen atoms in total. The highest BCUT2D eigenvalue weighted by Gasteiger charge is 2.19. The second-order valence-corrected chi connectivity index (χ2v) is 6.48. The van der Waals surface area contributed by atoms with Gasteiger partial charge in [0.15, 0.2) is 18.1 Å². The second kappa shape index (κ2) is 10.1. The molecule has 0 spiro atoms. The molecule has 0 radical (unpaired) electrons. The smallest absolute Gasteiger partial charge is 0.258 e. The molecule has 1 amide bonds. The van der Waals surface area contributed by atoms with Crippen molar-refractivity contribution in [1.29, 1.82) is 0 Å². The highest BCUT2D eigenvalue weighted by molar-refractivity contribution is 7.10. The van der Waals surface area contributed by atoms with E-state index in [0.717, 1.165) is 13.1 Å². The Kier molecular flexibility index (Phi) is 7.76. The Bertz CT molecular complexity index is 642. The quantitative estimate of drug-likeness (QED) is 0.704. The zero-order valence-electron chi connectivity index (χ0n) is 15.0. The first-order valence-corrected chi connectivity index (χ1v) is 9.37. The Morgan fingerprint density at radius 2 is 1.88 bits per heavy atom. The van der Waals surface area contributed by atoms with Crippen molar-refractivity contribution < 1.29 is 14.3 Å². The van der Waals surface area contributed by atoms with E-state index >= 15 is 0 Å². The van der Waals surface area contributed by atoms with E-state index < -0.39 is 0 Å². The number of para-hydroxylation sites is 2. The molecule has 0 aliphatic rings. The number of hydrogen-bond donors (Lipinski definition) is 1. The maximum atomic E-state index is 12.2. The topological polar surface area (TPSA) is 50.8 Å². The Labute approximate surface area is 153 Å². The van der Waals surface area contributed by atoms with Crippen molar-refractivity contribution in [2.45, 2.75) is 19.9 Å². The summed E-state index contributed by atoms with van der Waals surface area (Å²) in [6.07, 6.45) is 0. The van der Waals surface area contributed by atoms with Crippen molar-refractivity contribution in [2.24, 2.45) is 0 Å². The molecule has 136 valence electrons. The molecule has 1 N–H and O–H groups in total. The number of carbonyl (C=O) groups is 1. The van der Waals surface area contributed by atoms with Crippen molar-refractivity contribution >= 4 is 17.2 Å². The number of hydrogen-bond acceptors (Lipinski definition) is 5. The van der Waals surface area contributed by atoms with Crippen molar-refractivity contribution in [3.8, 4) is 11.5 Å². The van der Waals surface area contributed by atoms with Gasteiger partial charge in [0.05, 0.1) is 13.2 Å². The van der Waals surface area contributed by atoms with Crippen molar-refractivity contribution in [3.63, 3.8) is 0 Å².